The number of phenolic OH excluding ortho intramolecular Hbond substituents is 1. The summed E-state index contributed by atoms with van der Waals surface area (Å²) in [5.41, 5.74) is 1.04. The van der Waals surface area contributed by atoms with E-state index in [1.807, 2.05) is 13.1 Å². The fourth-order valence-electron chi connectivity index (χ4n) is 1.62. The van der Waals surface area contributed by atoms with Gasteiger partial charge in [-0.25, -0.2) is 0 Å². The molecule has 0 fully saturated rings. The Kier molecular flexibility index (Phi) is 4.26. The Bertz CT molecular complexity index is 370. The van der Waals surface area contributed by atoms with Gasteiger partial charge in [0.15, 0.2) is 11.5 Å². The van der Waals surface area contributed by atoms with Gasteiger partial charge in [0.2, 0.25) is 12.5 Å². The van der Waals surface area contributed by atoms with Crippen LogP contribution in [0.2, 0.25) is 0 Å². The molecule has 0 spiro atoms. The smallest absolute Gasteiger partial charge is 0.231 e. The maximum absolute atomic E-state index is 9.67. The molecular weight excluding hydrogens is 230 g/mol. The first-order chi connectivity index (χ1) is 7.20. The quantitative estimate of drug-likeness (QED) is 0.851. The summed E-state index contributed by atoms with van der Waals surface area (Å²) in [7, 11) is 1.91. The molecule has 0 aliphatic carbocycles. The fraction of sp³-hybridized carbons (Fsp3) is 0.455. The molecule has 2 N–H and O–H groups in total. The molecule has 4 nitrogen and oxygen atoms in total. The number of ether oxygens (including phenoxy) is 2. The summed E-state index contributed by atoms with van der Waals surface area (Å²) in [6.45, 7) is 2.27. The van der Waals surface area contributed by atoms with E-state index in [-0.39, 0.29) is 24.9 Å². The minimum Gasteiger partial charge on any atom is -0.504 e. The molecule has 1 aliphatic heterocycles. The number of fused-ring (bicyclic) bond motifs is 1. The molecule has 0 bridgehead atoms. The molecule has 0 aromatic heterocycles. The molecule has 0 saturated heterocycles. The molecule has 0 saturated carbocycles. The van der Waals surface area contributed by atoms with Crippen molar-refractivity contribution in [3.63, 3.8) is 0 Å². The van der Waals surface area contributed by atoms with Crippen LogP contribution in [0.25, 0.3) is 0 Å². The number of likely N-dealkylation sites (N-methyl/N-ethyl adjacent to an activating group) is 1. The van der Waals surface area contributed by atoms with Crippen LogP contribution in [0.3, 0.4) is 0 Å². The van der Waals surface area contributed by atoms with Crippen LogP contribution in [-0.2, 0) is 6.42 Å². The highest BCUT2D eigenvalue weighted by molar-refractivity contribution is 5.85. The van der Waals surface area contributed by atoms with E-state index >= 15 is 0 Å². The van der Waals surface area contributed by atoms with Gasteiger partial charge >= 0.3 is 0 Å². The van der Waals surface area contributed by atoms with Crippen LogP contribution in [0.5, 0.6) is 17.2 Å². The van der Waals surface area contributed by atoms with Gasteiger partial charge in [-0.1, -0.05) is 0 Å². The molecule has 0 amide bonds. The number of benzene rings is 1. The lowest BCUT2D eigenvalue weighted by Crippen LogP contribution is -2.23. The molecule has 90 valence electrons. The van der Waals surface area contributed by atoms with E-state index in [2.05, 4.69) is 12.2 Å². The number of halogens is 1. The lowest BCUT2D eigenvalue weighted by atomic mass is 10.1. The van der Waals surface area contributed by atoms with Gasteiger partial charge in [0, 0.05) is 6.04 Å². The van der Waals surface area contributed by atoms with Gasteiger partial charge in [-0.3, -0.25) is 0 Å². The molecule has 1 aromatic rings. The van der Waals surface area contributed by atoms with Crippen LogP contribution in [0.1, 0.15) is 12.5 Å². The lowest BCUT2D eigenvalue weighted by molar-refractivity contribution is 0.171. The van der Waals surface area contributed by atoms with Gasteiger partial charge in [-0.15, -0.1) is 12.4 Å². The Balaban J connectivity index is 0.00000128. The second kappa shape index (κ2) is 5.27. The van der Waals surface area contributed by atoms with Gasteiger partial charge in [0.25, 0.3) is 0 Å². The highest BCUT2D eigenvalue weighted by Gasteiger charge is 2.19. The summed E-state index contributed by atoms with van der Waals surface area (Å²) in [6, 6.07) is 4.00. The van der Waals surface area contributed by atoms with Gasteiger partial charge in [-0.2, -0.15) is 0 Å². The first-order valence-corrected chi connectivity index (χ1v) is 4.99. The zero-order valence-electron chi connectivity index (χ0n) is 9.32. The van der Waals surface area contributed by atoms with Gasteiger partial charge in [-0.05, 0) is 38.1 Å². The van der Waals surface area contributed by atoms with Crippen LogP contribution in [0.15, 0.2) is 12.1 Å². The molecule has 2 rings (SSSR count). The molecular formula is C11H16ClNO3. The van der Waals surface area contributed by atoms with Crippen LogP contribution in [0, 0.1) is 0 Å². The molecule has 1 atom stereocenters. The monoisotopic (exact) mass is 245 g/mol. The summed E-state index contributed by atoms with van der Waals surface area (Å²) in [5, 5.41) is 12.8. The topological polar surface area (TPSA) is 50.7 Å². The molecule has 16 heavy (non-hydrogen) atoms. The number of aromatic hydroxyl groups is 1. The minimum absolute atomic E-state index is 0. The summed E-state index contributed by atoms with van der Waals surface area (Å²) in [6.07, 6.45) is 0.848. The molecule has 0 unspecified atom stereocenters. The number of hydrogen-bond acceptors (Lipinski definition) is 4. The first-order valence-electron chi connectivity index (χ1n) is 4.99. The highest BCUT2D eigenvalue weighted by Crippen LogP contribution is 2.41. The third-order valence-electron chi connectivity index (χ3n) is 2.55. The van der Waals surface area contributed by atoms with Crippen molar-refractivity contribution in [1.82, 2.24) is 5.32 Å². The maximum Gasteiger partial charge on any atom is 0.231 e. The Morgan fingerprint density at radius 3 is 2.88 bits per heavy atom. The van der Waals surface area contributed by atoms with Gasteiger partial charge < -0.3 is 19.9 Å². The van der Waals surface area contributed by atoms with Crippen molar-refractivity contribution in [2.45, 2.75) is 19.4 Å². The van der Waals surface area contributed by atoms with E-state index in [4.69, 9.17) is 9.47 Å². The molecule has 0 radical (unpaired) electrons. The average Bonchev–Trinajstić information content (AvgIpc) is 2.66. The van der Waals surface area contributed by atoms with Crippen molar-refractivity contribution in [2.75, 3.05) is 13.8 Å². The van der Waals surface area contributed by atoms with Crippen molar-refractivity contribution in [2.24, 2.45) is 0 Å². The Hall–Kier alpha value is -1.13. The van der Waals surface area contributed by atoms with E-state index in [1.165, 1.54) is 0 Å². The SMILES string of the molecule is CN[C@@H](C)Cc1cc(O)c2c(c1)OCO2.Cl. The largest absolute Gasteiger partial charge is 0.504 e. The maximum atomic E-state index is 9.67. The Morgan fingerprint density at radius 1 is 1.44 bits per heavy atom. The molecule has 1 aliphatic rings. The Labute approximate surface area is 101 Å². The van der Waals surface area contributed by atoms with Crippen molar-refractivity contribution in [3.8, 4) is 17.2 Å². The van der Waals surface area contributed by atoms with Crippen molar-refractivity contribution >= 4 is 12.4 Å². The van der Waals surface area contributed by atoms with E-state index in [0.29, 0.717) is 17.5 Å². The summed E-state index contributed by atoms with van der Waals surface area (Å²) < 4.78 is 10.4. The number of rotatable bonds is 3. The van der Waals surface area contributed by atoms with Crippen LogP contribution in [-0.4, -0.2) is 25.0 Å². The second-order valence-electron chi connectivity index (χ2n) is 3.74. The van der Waals surface area contributed by atoms with E-state index in [9.17, 15) is 5.11 Å². The number of nitrogens with one attached hydrogen (secondary N) is 1. The number of hydrogen-bond donors (Lipinski definition) is 2. The third-order valence-corrected chi connectivity index (χ3v) is 2.55. The Morgan fingerprint density at radius 2 is 2.19 bits per heavy atom. The summed E-state index contributed by atoms with van der Waals surface area (Å²) in [5.74, 6) is 1.24. The zero-order chi connectivity index (χ0) is 10.8. The average molecular weight is 246 g/mol. The predicted octanol–water partition coefficient (Wildman–Crippen LogP) is 1.69. The van der Waals surface area contributed by atoms with Crippen LogP contribution >= 0.6 is 12.4 Å². The standard InChI is InChI=1S/C11H15NO3.ClH/c1-7(12-2)3-8-4-9(13)11-10(5-8)14-6-15-11;/h4-5,7,12-13H,3,6H2,1-2H3;1H/t7-;/m0./s1. The molecule has 1 heterocycles. The predicted molar refractivity (Wildman–Crippen MR) is 63.7 cm³/mol. The van der Waals surface area contributed by atoms with E-state index < -0.39 is 0 Å². The third kappa shape index (κ3) is 2.51. The van der Waals surface area contributed by atoms with Crippen LogP contribution in [0.4, 0.5) is 0 Å². The number of phenols is 1. The van der Waals surface area contributed by atoms with Crippen molar-refractivity contribution in [1.29, 1.82) is 0 Å². The summed E-state index contributed by atoms with van der Waals surface area (Å²) in [4.78, 5) is 0. The minimum atomic E-state index is 0. The second-order valence-corrected chi connectivity index (χ2v) is 3.74. The highest BCUT2D eigenvalue weighted by atomic mass is 35.5. The van der Waals surface area contributed by atoms with Crippen molar-refractivity contribution < 1.29 is 14.6 Å². The van der Waals surface area contributed by atoms with E-state index in [0.717, 1.165) is 12.0 Å². The van der Waals surface area contributed by atoms with E-state index in [1.54, 1.807) is 6.07 Å². The molecule has 1 aromatic carbocycles. The van der Waals surface area contributed by atoms with Crippen molar-refractivity contribution in [3.05, 3.63) is 17.7 Å². The normalized spacial score (nSPS) is 14.4. The van der Waals surface area contributed by atoms with Gasteiger partial charge in [0.1, 0.15) is 0 Å². The first kappa shape index (κ1) is 12.9. The van der Waals surface area contributed by atoms with Gasteiger partial charge in [0.05, 0.1) is 0 Å². The van der Waals surface area contributed by atoms with Crippen LogP contribution < -0.4 is 14.8 Å². The lowest BCUT2D eigenvalue weighted by Gasteiger charge is -2.10. The zero-order valence-corrected chi connectivity index (χ0v) is 10.1. The summed E-state index contributed by atoms with van der Waals surface area (Å²) >= 11 is 0. The molecule has 5 heteroatoms. The fourth-order valence-corrected chi connectivity index (χ4v) is 1.62.